The highest BCUT2D eigenvalue weighted by atomic mass is 35.5. The third kappa shape index (κ3) is 6.06. The predicted molar refractivity (Wildman–Crippen MR) is 197 cm³/mol. The summed E-state index contributed by atoms with van der Waals surface area (Å²) in [5, 5.41) is 29.9. The number of halogens is 1. The first-order valence-electron chi connectivity index (χ1n) is 18.0. The van der Waals surface area contributed by atoms with Crippen molar-refractivity contribution in [1.82, 2.24) is 29.5 Å². The smallest absolute Gasteiger partial charge is 0.278 e. The van der Waals surface area contributed by atoms with E-state index in [9.17, 15) is 15.0 Å². The van der Waals surface area contributed by atoms with Crippen LogP contribution in [0.25, 0.3) is 22.0 Å². The van der Waals surface area contributed by atoms with Crippen molar-refractivity contribution in [2.75, 3.05) is 42.9 Å². The van der Waals surface area contributed by atoms with Gasteiger partial charge in [0.05, 0.1) is 34.7 Å². The first-order valence-corrected chi connectivity index (χ1v) is 18.4. The van der Waals surface area contributed by atoms with Crippen molar-refractivity contribution in [3.8, 4) is 11.1 Å². The average Bonchev–Trinajstić information content (AvgIpc) is 3.95. The summed E-state index contributed by atoms with van der Waals surface area (Å²) in [4.78, 5) is 29.9. The van der Waals surface area contributed by atoms with Gasteiger partial charge in [-0.25, -0.2) is 4.98 Å². The molecule has 0 saturated carbocycles. The van der Waals surface area contributed by atoms with E-state index < -0.39 is 0 Å². The van der Waals surface area contributed by atoms with Gasteiger partial charge in [0.25, 0.3) is 5.91 Å². The van der Waals surface area contributed by atoms with E-state index in [1.165, 1.54) is 0 Å². The number of carbonyl (C=O) groups is 1. The zero-order valence-corrected chi connectivity index (χ0v) is 29.1. The molecule has 3 aromatic heterocycles. The van der Waals surface area contributed by atoms with Crippen molar-refractivity contribution >= 4 is 45.6 Å². The van der Waals surface area contributed by atoms with Crippen molar-refractivity contribution in [3.63, 3.8) is 0 Å². The molecule has 0 spiro atoms. The number of aromatic nitrogens is 4. The summed E-state index contributed by atoms with van der Waals surface area (Å²) in [5.41, 5.74) is 7.95. The number of pyridine rings is 2. The fourth-order valence-corrected chi connectivity index (χ4v) is 8.76. The molecular formula is C39H41ClN8O3. The van der Waals surface area contributed by atoms with Gasteiger partial charge in [-0.05, 0) is 79.1 Å². The van der Waals surface area contributed by atoms with Gasteiger partial charge in [-0.15, -0.1) is 0 Å². The molecule has 2 aromatic carbocycles. The van der Waals surface area contributed by atoms with Gasteiger partial charge in [0.2, 0.25) is 0 Å². The van der Waals surface area contributed by atoms with Crippen LogP contribution in [0.5, 0.6) is 0 Å². The fourth-order valence-electron chi connectivity index (χ4n) is 8.48. The number of aliphatic hydroxyl groups is 2. The van der Waals surface area contributed by atoms with Gasteiger partial charge in [0.15, 0.2) is 11.5 Å². The number of likely N-dealkylation sites (tertiary alicyclic amines) is 2. The molecule has 1 unspecified atom stereocenters. The highest BCUT2D eigenvalue weighted by molar-refractivity contribution is 6.36. The van der Waals surface area contributed by atoms with Crippen LogP contribution in [0.1, 0.15) is 59.0 Å². The Balaban J connectivity index is 0.966. The minimum absolute atomic E-state index is 0.0924. The lowest BCUT2D eigenvalue weighted by atomic mass is 9.97. The summed E-state index contributed by atoms with van der Waals surface area (Å²) in [7, 11) is 0. The topological polar surface area (TPSA) is 123 Å². The summed E-state index contributed by atoms with van der Waals surface area (Å²) in [6.45, 7) is 5.22. The number of hydrogen-bond acceptors (Lipinski definition) is 9. The van der Waals surface area contributed by atoms with E-state index >= 15 is 0 Å². The summed E-state index contributed by atoms with van der Waals surface area (Å²) in [6.07, 6.45) is 7.44. The van der Waals surface area contributed by atoms with Crippen LogP contribution >= 0.6 is 11.6 Å². The maximum Gasteiger partial charge on any atom is 0.278 e. The van der Waals surface area contributed by atoms with Gasteiger partial charge in [-0.1, -0.05) is 35.9 Å². The summed E-state index contributed by atoms with van der Waals surface area (Å²) < 4.78 is 2.00. The third-order valence-electron chi connectivity index (χ3n) is 11.0. The SMILES string of the molecule is O=C(c1cc2n(n1)CCCC2N1CC[C@@H](O)C1)N1CCc2c(-c3cccc(Nc4nccc5cc(CN6CC[C@@H](O)C6)cnc45)c3Cl)cccc21. The van der Waals surface area contributed by atoms with Gasteiger partial charge >= 0.3 is 0 Å². The molecule has 11 nitrogen and oxygen atoms in total. The molecule has 4 aliphatic heterocycles. The maximum atomic E-state index is 14.0. The van der Waals surface area contributed by atoms with E-state index in [-0.39, 0.29) is 24.2 Å². The van der Waals surface area contributed by atoms with Gasteiger partial charge in [0, 0.05) is 74.8 Å². The molecule has 262 valence electrons. The molecule has 12 heteroatoms. The Morgan fingerprint density at radius 2 is 1.76 bits per heavy atom. The van der Waals surface area contributed by atoms with Crippen molar-refractivity contribution in [3.05, 3.63) is 94.5 Å². The fraction of sp³-hybridized carbons (Fsp3) is 0.385. The summed E-state index contributed by atoms with van der Waals surface area (Å²) in [6, 6.07) is 18.2. The minimum atomic E-state index is -0.285. The highest BCUT2D eigenvalue weighted by Crippen LogP contribution is 2.42. The molecule has 1 amide bonds. The molecule has 5 aromatic rings. The molecule has 0 radical (unpaired) electrons. The standard InChI is InChI=1S/C39H41ClN8O3/c40-36-30(5-1-6-31(36)43-38-37-25(9-13-41-38)18-24(20-42-37)21-45-15-10-26(49)22-45)28-4-2-7-33-29(28)12-17-47(33)39(51)32-19-35-34(8-3-14-48(35)44-32)46-16-11-27(50)23-46/h1-2,4-7,9,13,18-20,26-27,34,49-50H,3,8,10-12,14-17,21-23H2,(H,41,43)/t26-,27-,34?/m1/s1. The van der Waals surface area contributed by atoms with Crippen LogP contribution < -0.4 is 10.2 Å². The molecule has 2 fully saturated rings. The average molecular weight is 705 g/mol. The molecule has 51 heavy (non-hydrogen) atoms. The van der Waals surface area contributed by atoms with Gasteiger partial charge in [-0.2, -0.15) is 5.10 Å². The van der Waals surface area contributed by atoms with E-state index in [1.807, 2.05) is 58.2 Å². The summed E-state index contributed by atoms with van der Waals surface area (Å²) >= 11 is 7.16. The van der Waals surface area contributed by atoms with Crippen molar-refractivity contribution in [2.45, 2.75) is 63.4 Å². The van der Waals surface area contributed by atoms with Crippen LogP contribution in [0.4, 0.5) is 17.2 Å². The van der Waals surface area contributed by atoms with Crippen molar-refractivity contribution in [1.29, 1.82) is 0 Å². The number of aliphatic hydroxyl groups excluding tert-OH is 2. The van der Waals surface area contributed by atoms with Crippen LogP contribution in [0.2, 0.25) is 5.02 Å². The number of carbonyl (C=O) groups excluding carboxylic acids is 1. The lowest BCUT2D eigenvalue weighted by Crippen LogP contribution is -2.32. The maximum absolute atomic E-state index is 14.0. The number of hydrogen-bond donors (Lipinski definition) is 3. The summed E-state index contributed by atoms with van der Waals surface area (Å²) in [5.74, 6) is 0.529. The molecular weight excluding hydrogens is 664 g/mol. The Kier molecular flexibility index (Phi) is 8.48. The highest BCUT2D eigenvalue weighted by Gasteiger charge is 2.35. The Morgan fingerprint density at radius 1 is 0.922 bits per heavy atom. The molecule has 0 aliphatic carbocycles. The number of β-amino-alcohol motifs (C(OH)–C–C–N with tert-alkyl or cyclic N) is 2. The molecule has 9 rings (SSSR count). The van der Waals surface area contributed by atoms with Gasteiger partial charge in [0.1, 0.15) is 5.52 Å². The molecule has 3 atom stereocenters. The zero-order chi connectivity index (χ0) is 34.6. The number of rotatable bonds is 7. The Bertz CT molecular complexity index is 2140. The molecule has 2 saturated heterocycles. The zero-order valence-electron chi connectivity index (χ0n) is 28.4. The van der Waals surface area contributed by atoms with Crippen molar-refractivity contribution < 1.29 is 15.0 Å². The largest absolute Gasteiger partial charge is 0.392 e. The lowest BCUT2D eigenvalue weighted by molar-refractivity contribution is 0.0983. The van der Waals surface area contributed by atoms with E-state index in [0.29, 0.717) is 42.6 Å². The monoisotopic (exact) mass is 704 g/mol. The van der Waals surface area contributed by atoms with Crippen LogP contribution in [0.15, 0.2) is 67.0 Å². The van der Waals surface area contributed by atoms with E-state index in [1.54, 1.807) is 6.20 Å². The number of nitrogens with one attached hydrogen (secondary N) is 1. The van der Waals surface area contributed by atoms with E-state index in [0.717, 1.165) is 102 Å². The quantitative estimate of drug-likeness (QED) is 0.200. The van der Waals surface area contributed by atoms with Crippen LogP contribution in [-0.4, -0.2) is 90.6 Å². The number of nitrogens with zero attached hydrogens (tertiary/aromatic N) is 7. The Morgan fingerprint density at radius 3 is 2.61 bits per heavy atom. The number of aryl methyl sites for hydroxylation is 1. The first-order chi connectivity index (χ1) is 24.9. The second-order valence-corrected chi connectivity index (χ2v) is 14.7. The third-order valence-corrected chi connectivity index (χ3v) is 11.4. The predicted octanol–water partition coefficient (Wildman–Crippen LogP) is 5.56. The molecule has 7 heterocycles. The molecule has 3 N–H and O–H groups in total. The second kappa shape index (κ2) is 13.3. The molecule has 0 bridgehead atoms. The number of amides is 1. The van der Waals surface area contributed by atoms with Crippen LogP contribution in [-0.2, 0) is 19.5 Å². The number of fused-ring (bicyclic) bond motifs is 3. The lowest BCUT2D eigenvalue weighted by Gasteiger charge is -2.31. The number of benzene rings is 2. The van der Waals surface area contributed by atoms with E-state index in [2.05, 4.69) is 32.2 Å². The van der Waals surface area contributed by atoms with Crippen LogP contribution in [0, 0.1) is 0 Å². The Labute approximate surface area is 301 Å². The second-order valence-electron chi connectivity index (χ2n) is 14.3. The molecule has 4 aliphatic rings. The normalized spacial score (nSPS) is 22.1. The van der Waals surface area contributed by atoms with Gasteiger partial charge in [-0.3, -0.25) is 24.3 Å². The number of anilines is 3. The van der Waals surface area contributed by atoms with Crippen LogP contribution in [0.3, 0.4) is 0 Å². The van der Waals surface area contributed by atoms with E-state index in [4.69, 9.17) is 21.7 Å². The first kappa shape index (κ1) is 32.5. The Hall–Kier alpha value is -4.39. The van der Waals surface area contributed by atoms with Gasteiger partial charge < -0.3 is 20.4 Å². The minimum Gasteiger partial charge on any atom is -0.392 e. The van der Waals surface area contributed by atoms with Crippen molar-refractivity contribution in [2.24, 2.45) is 0 Å².